The summed E-state index contributed by atoms with van der Waals surface area (Å²) in [6.45, 7) is 4.57. The monoisotopic (exact) mass is 297 g/mol. The summed E-state index contributed by atoms with van der Waals surface area (Å²) in [5, 5.41) is 0. The lowest BCUT2D eigenvalue weighted by Crippen LogP contribution is -2.15. The molecule has 0 spiro atoms. The Morgan fingerprint density at radius 3 is 2.36 bits per heavy atom. The highest BCUT2D eigenvalue weighted by atomic mass is 16.5. The molecule has 0 atom stereocenters. The van der Waals surface area contributed by atoms with Crippen LogP contribution in [0.4, 0.5) is 5.69 Å². The summed E-state index contributed by atoms with van der Waals surface area (Å²) in [5.74, 6) is 0. The first-order valence-corrected chi connectivity index (χ1v) is 7.50. The Balaban J connectivity index is 0.000000246. The summed E-state index contributed by atoms with van der Waals surface area (Å²) in [6, 6.07) is 19.5. The summed E-state index contributed by atoms with van der Waals surface area (Å²) < 4.78 is 4.68. The van der Waals surface area contributed by atoms with Crippen LogP contribution in [0.25, 0.3) is 11.1 Å². The average Bonchev–Trinajstić information content (AvgIpc) is 3.06. The second-order valence-electron chi connectivity index (χ2n) is 5.00. The van der Waals surface area contributed by atoms with E-state index in [-0.39, 0.29) is 0 Å². The zero-order chi connectivity index (χ0) is 15.8. The molecule has 2 aromatic rings. The topological polar surface area (TPSA) is 50.8 Å². The number of aliphatic imine (C=N–C) groups is 1. The van der Waals surface area contributed by atoms with E-state index in [4.69, 9.17) is 5.73 Å². The number of hydrogen-bond donors (Lipinski definition) is 1. The van der Waals surface area contributed by atoms with Gasteiger partial charge in [-0.2, -0.15) is 0 Å². The van der Waals surface area contributed by atoms with Crippen molar-refractivity contribution in [2.45, 2.75) is 6.92 Å². The van der Waals surface area contributed by atoms with Crippen molar-refractivity contribution in [1.29, 1.82) is 0 Å². The highest BCUT2D eigenvalue weighted by Gasteiger charge is 2.01. The Morgan fingerprint density at radius 2 is 1.82 bits per heavy atom. The first-order valence-electron chi connectivity index (χ1n) is 7.50. The number of ether oxygens (including phenoxy) is 1. The molecule has 0 saturated heterocycles. The predicted molar refractivity (Wildman–Crippen MR) is 93.3 cm³/mol. The molecular formula is C18H23N3O. The molecule has 0 bridgehead atoms. The van der Waals surface area contributed by atoms with E-state index in [9.17, 15) is 0 Å². The van der Waals surface area contributed by atoms with E-state index in [0.717, 1.165) is 13.1 Å². The van der Waals surface area contributed by atoms with Crippen LogP contribution in [0.15, 0.2) is 59.6 Å². The van der Waals surface area contributed by atoms with E-state index in [1.54, 1.807) is 0 Å². The van der Waals surface area contributed by atoms with Gasteiger partial charge >= 0.3 is 0 Å². The van der Waals surface area contributed by atoms with Crippen LogP contribution in [-0.2, 0) is 4.74 Å². The third-order valence-electron chi connectivity index (χ3n) is 3.48. The summed E-state index contributed by atoms with van der Waals surface area (Å²) >= 11 is 0. The highest BCUT2D eigenvalue weighted by Crippen LogP contribution is 2.23. The lowest BCUT2D eigenvalue weighted by Gasteiger charge is -2.17. The molecule has 3 rings (SSSR count). The number of nitrogens with two attached hydrogens (primary N) is 1. The number of amidine groups is 1. The van der Waals surface area contributed by atoms with Crippen LogP contribution in [0, 0.1) is 0 Å². The normalized spacial score (nSPS) is 12.7. The van der Waals surface area contributed by atoms with Gasteiger partial charge in [0.2, 0.25) is 0 Å². The van der Waals surface area contributed by atoms with E-state index in [0.29, 0.717) is 12.6 Å². The summed E-state index contributed by atoms with van der Waals surface area (Å²) in [5.41, 5.74) is 8.88. The van der Waals surface area contributed by atoms with Crippen LogP contribution in [0.2, 0.25) is 0 Å². The van der Waals surface area contributed by atoms with E-state index < -0.39 is 0 Å². The Morgan fingerprint density at radius 1 is 1.09 bits per heavy atom. The van der Waals surface area contributed by atoms with E-state index >= 15 is 0 Å². The molecule has 0 radical (unpaired) electrons. The lowest BCUT2D eigenvalue weighted by atomic mass is 10.1. The van der Waals surface area contributed by atoms with Crippen molar-refractivity contribution >= 4 is 11.7 Å². The first kappa shape index (κ1) is 15.9. The third-order valence-corrected chi connectivity index (χ3v) is 3.48. The van der Waals surface area contributed by atoms with Crippen LogP contribution in [0.1, 0.15) is 6.92 Å². The number of anilines is 1. The first-order chi connectivity index (χ1) is 10.7. The van der Waals surface area contributed by atoms with Gasteiger partial charge in [0.05, 0.1) is 6.54 Å². The minimum absolute atomic E-state index is 0.329. The largest absolute Gasteiger partial charge is 0.463 e. The lowest BCUT2D eigenvalue weighted by molar-refractivity contribution is 0.342. The van der Waals surface area contributed by atoms with Crippen LogP contribution in [0.3, 0.4) is 0 Å². The fraction of sp³-hybridized carbons (Fsp3) is 0.278. The zero-order valence-corrected chi connectivity index (χ0v) is 13.2. The molecule has 1 heterocycles. The Kier molecular flexibility index (Phi) is 5.83. The number of benzene rings is 2. The Labute approximate surface area is 132 Å². The van der Waals surface area contributed by atoms with Crippen LogP contribution in [-0.4, -0.2) is 32.8 Å². The minimum Gasteiger partial charge on any atom is -0.463 e. The molecule has 116 valence electrons. The van der Waals surface area contributed by atoms with Crippen molar-refractivity contribution in [2.24, 2.45) is 10.7 Å². The average molecular weight is 297 g/mol. The van der Waals surface area contributed by atoms with Crippen molar-refractivity contribution < 1.29 is 4.74 Å². The standard InChI is InChI=1S/C15H17N.C3H6N2O/c1-3-16(2)15-11-7-10-14(12-15)13-8-5-4-6-9-13;4-3-5-1-2-6-3/h4-12H,3H2,1-2H3;1-2H2,(H2,4,5). The van der Waals surface area contributed by atoms with Gasteiger partial charge in [0, 0.05) is 19.3 Å². The van der Waals surface area contributed by atoms with Crippen molar-refractivity contribution in [1.82, 2.24) is 0 Å². The zero-order valence-electron chi connectivity index (χ0n) is 13.2. The van der Waals surface area contributed by atoms with Crippen molar-refractivity contribution in [3.05, 3.63) is 54.6 Å². The molecule has 22 heavy (non-hydrogen) atoms. The molecular weight excluding hydrogens is 274 g/mol. The maximum atomic E-state index is 5.06. The van der Waals surface area contributed by atoms with Gasteiger partial charge in [0.25, 0.3) is 6.02 Å². The fourth-order valence-corrected chi connectivity index (χ4v) is 2.09. The van der Waals surface area contributed by atoms with Gasteiger partial charge in [-0.1, -0.05) is 42.5 Å². The maximum Gasteiger partial charge on any atom is 0.282 e. The molecule has 1 aliphatic rings. The van der Waals surface area contributed by atoms with Crippen LogP contribution < -0.4 is 10.6 Å². The molecule has 1 aliphatic heterocycles. The molecule has 0 unspecified atom stereocenters. The predicted octanol–water partition coefficient (Wildman–Crippen LogP) is 3.14. The second-order valence-corrected chi connectivity index (χ2v) is 5.00. The van der Waals surface area contributed by atoms with Crippen LogP contribution >= 0.6 is 0 Å². The molecule has 4 heteroatoms. The van der Waals surface area contributed by atoms with E-state index in [2.05, 4.69) is 77.1 Å². The molecule has 4 nitrogen and oxygen atoms in total. The SMILES string of the molecule is CCN(C)c1cccc(-c2ccccc2)c1.NC1=NCCO1. The smallest absolute Gasteiger partial charge is 0.282 e. The van der Waals surface area contributed by atoms with Gasteiger partial charge in [-0.05, 0) is 30.2 Å². The summed E-state index contributed by atoms with van der Waals surface area (Å²) in [7, 11) is 2.12. The second kappa shape index (κ2) is 8.08. The van der Waals surface area contributed by atoms with Gasteiger partial charge in [-0.3, -0.25) is 0 Å². The third kappa shape index (κ3) is 4.52. The van der Waals surface area contributed by atoms with E-state index in [1.165, 1.54) is 16.8 Å². The maximum absolute atomic E-state index is 5.06. The van der Waals surface area contributed by atoms with Crippen molar-refractivity contribution in [2.75, 3.05) is 31.6 Å². The van der Waals surface area contributed by atoms with Gasteiger partial charge in [0.15, 0.2) is 0 Å². The van der Waals surface area contributed by atoms with Crippen molar-refractivity contribution in [3.8, 4) is 11.1 Å². The molecule has 0 amide bonds. The summed E-state index contributed by atoms with van der Waals surface area (Å²) in [4.78, 5) is 5.95. The van der Waals surface area contributed by atoms with Gasteiger partial charge in [0.1, 0.15) is 6.61 Å². The van der Waals surface area contributed by atoms with Crippen molar-refractivity contribution in [3.63, 3.8) is 0 Å². The number of nitrogens with zero attached hydrogens (tertiary/aromatic N) is 2. The molecule has 2 aromatic carbocycles. The highest BCUT2D eigenvalue weighted by molar-refractivity contribution is 5.72. The Bertz CT molecular complexity index is 611. The minimum atomic E-state index is 0.329. The number of hydrogen-bond acceptors (Lipinski definition) is 4. The van der Waals surface area contributed by atoms with Gasteiger partial charge in [-0.15, -0.1) is 0 Å². The molecule has 0 saturated carbocycles. The molecule has 2 N–H and O–H groups in total. The van der Waals surface area contributed by atoms with Crippen LogP contribution in [0.5, 0.6) is 0 Å². The fourth-order valence-electron chi connectivity index (χ4n) is 2.09. The molecule has 0 fully saturated rings. The quantitative estimate of drug-likeness (QED) is 0.947. The van der Waals surface area contributed by atoms with E-state index in [1.807, 2.05) is 6.07 Å². The summed E-state index contributed by atoms with van der Waals surface area (Å²) in [6.07, 6.45) is 0. The molecule has 0 aliphatic carbocycles. The molecule has 0 aromatic heterocycles. The Hall–Kier alpha value is -2.49. The number of rotatable bonds is 3. The van der Waals surface area contributed by atoms with Gasteiger partial charge in [-0.25, -0.2) is 4.99 Å². The van der Waals surface area contributed by atoms with Gasteiger partial charge < -0.3 is 15.4 Å².